The molecule has 7 nitrogen and oxygen atoms in total. The molecule has 1 saturated heterocycles. The van der Waals surface area contributed by atoms with Gasteiger partial charge in [0, 0.05) is 31.6 Å². The first-order valence-corrected chi connectivity index (χ1v) is 5.71. The highest BCUT2D eigenvalue weighted by Gasteiger charge is 2.22. The third kappa shape index (κ3) is 2.55. The van der Waals surface area contributed by atoms with Gasteiger partial charge in [-0.3, -0.25) is 14.9 Å². The monoisotopic (exact) mass is 250 g/mol. The van der Waals surface area contributed by atoms with Crippen LogP contribution < -0.4 is 10.2 Å². The molecule has 18 heavy (non-hydrogen) atoms. The maximum absolute atomic E-state index is 11.4. The third-order valence-corrected chi connectivity index (χ3v) is 2.93. The average molecular weight is 250 g/mol. The zero-order valence-corrected chi connectivity index (χ0v) is 10.00. The molecule has 7 heteroatoms. The van der Waals surface area contributed by atoms with Gasteiger partial charge in [-0.15, -0.1) is 0 Å². The van der Waals surface area contributed by atoms with Crippen molar-refractivity contribution >= 4 is 17.4 Å². The Morgan fingerprint density at radius 1 is 1.56 bits per heavy atom. The summed E-state index contributed by atoms with van der Waals surface area (Å²) in [7, 11) is 0. The van der Waals surface area contributed by atoms with E-state index in [9.17, 15) is 14.9 Å². The second kappa shape index (κ2) is 4.99. The van der Waals surface area contributed by atoms with Gasteiger partial charge in [-0.2, -0.15) is 0 Å². The van der Waals surface area contributed by atoms with Crippen molar-refractivity contribution in [1.82, 2.24) is 10.3 Å². The van der Waals surface area contributed by atoms with E-state index in [1.54, 1.807) is 6.07 Å². The van der Waals surface area contributed by atoms with Crippen LogP contribution in [-0.4, -0.2) is 34.9 Å². The van der Waals surface area contributed by atoms with E-state index in [0.29, 0.717) is 25.3 Å². The lowest BCUT2D eigenvalue weighted by Gasteiger charge is -2.26. The highest BCUT2D eigenvalue weighted by Crippen LogP contribution is 2.19. The molecule has 1 N–H and O–H groups in total. The van der Waals surface area contributed by atoms with Crippen LogP contribution in [0.25, 0.3) is 0 Å². The molecule has 2 rings (SSSR count). The van der Waals surface area contributed by atoms with Crippen molar-refractivity contribution in [3.8, 4) is 0 Å². The zero-order chi connectivity index (χ0) is 13.1. The summed E-state index contributed by atoms with van der Waals surface area (Å²) >= 11 is 0. The second-order valence-electron chi connectivity index (χ2n) is 4.23. The molecule has 1 amide bonds. The molecule has 1 atom stereocenters. The average Bonchev–Trinajstić information content (AvgIpc) is 2.50. The number of nitrogens with one attached hydrogen (secondary N) is 1. The SMILES string of the molecule is CC1CC(=O)NCCN1c1ccc([N+](=O)[O-])cn1. The van der Waals surface area contributed by atoms with Crippen LogP contribution in [0.3, 0.4) is 0 Å². The number of nitro groups is 1. The molecule has 0 spiro atoms. The summed E-state index contributed by atoms with van der Waals surface area (Å²) in [5.41, 5.74) is -0.0320. The van der Waals surface area contributed by atoms with Gasteiger partial charge >= 0.3 is 0 Å². The minimum atomic E-state index is -0.478. The van der Waals surface area contributed by atoms with Crippen LogP contribution in [0.15, 0.2) is 18.3 Å². The first kappa shape index (κ1) is 12.3. The van der Waals surface area contributed by atoms with E-state index in [0.717, 1.165) is 0 Å². The summed E-state index contributed by atoms with van der Waals surface area (Å²) in [5.74, 6) is 0.677. The van der Waals surface area contributed by atoms with Crippen molar-refractivity contribution in [3.63, 3.8) is 0 Å². The molecule has 2 heterocycles. The van der Waals surface area contributed by atoms with Crippen LogP contribution in [0.5, 0.6) is 0 Å². The molecule has 0 radical (unpaired) electrons. The summed E-state index contributed by atoms with van der Waals surface area (Å²) < 4.78 is 0. The number of pyridine rings is 1. The quantitative estimate of drug-likeness (QED) is 0.616. The number of aromatic nitrogens is 1. The molecule has 1 aliphatic heterocycles. The van der Waals surface area contributed by atoms with Gasteiger partial charge in [0.15, 0.2) is 0 Å². The van der Waals surface area contributed by atoms with E-state index in [-0.39, 0.29) is 17.6 Å². The number of carbonyl (C=O) groups excluding carboxylic acids is 1. The van der Waals surface area contributed by atoms with E-state index in [1.807, 2.05) is 11.8 Å². The van der Waals surface area contributed by atoms with Crippen molar-refractivity contribution < 1.29 is 9.72 Å². The Morgan fingerprint density at radius 2 is 2.33 bits per heavy atom. The molecule has 1 unspecified atom stereocenters. The molecule has 1 fully saturated rings. The molecule has 0 saturated carbocycles. The van der Waals surface area contributed by atoms with E-state index >= 15 is 0 Å². The molecule has 0 bridgehead atoms. The van der Waals surface area contributed by atoms with Crippen LogP contribution in [-0.2, 0) is 4.79 Å². The largest absolute Gasteiger partial charge is 0.354 e. The standard InChI is InChI=1S/C11H14N4O3/c1-8-6-11(16)12-4-5-14(8)10-3-2-9(7-13-10)15(17)18/h2-3,7-8H,4-6H2,1H3,(H,12,16). The third-order valence-electron chi connectivity index (χ3n) is 2.93. The Morgan fingerprint density at radius 3 is 2.94 bits per heavy atom. The number of amides is 1. The topological polar surface area (TPSA) is 88.4 Å². The fraction of sp³-hybridized carbons (Fsp3) is 0.455. The zero-order valence-electron chi connectivity index (χ0n) is 10.00. The van der Waals surface area contributed by atoms with Crippen molar-refractivity contribution in [2.45, 2.75) is 19.4 Å². The summed E-state index contributed by atoms with van der Waals surface area (Å²) in [4.78, 5) is 27.5. The van der Waals surface area contributed by atoms with Crippen molar-refractivity contribution in [2.75, 3.05) is 18.0 Å². The van der Waals surface area contributed by atoms with Gasteiger partial charge in [0.2, 0.25) is 5.91 Å². The summed E-state index contributed by atoms with van der Waals surface area (Å²) in [6, 6.07) is 3.07. The lowest BCUT2D eigenvalue weighted by atomic mass is 10.2. The Balaban J connectivity index is 2.19. The van der Waals surface area contributed by atoms with E-state index in [4.69, 9.17) is 0 Å². The summed E-state index contributed by atoms with van der Waals surface area (Å²) in [6.45, 7) is 3.15. The fourth-order valence-electron chi connectivity index (χ4n) is 1.98. The van der Waals surface area contributed by atoms with Gasteiger partial charge in [-0.25, -0.2) is 4.98 Å². The van der Waals surface area contributed by atoms with Crippen LogP contribution >= 0.6 is 0 Å². The Kier molecular flexibility index (Phi) is 3.40. The van der Waals surface area contributed by atoms with Crippen LogP contribution in [0, 0.1) is 10.1 Å². The first-order chi connectivity index (χ1) is 8.58. The lowest BCUT2D eigenvalue weighted by Crippen LogP contribution is -2.34. The van der Waals surface area contributed by atoms with Crippen LogP contribution in [0.2, 0.25) is 0 Å². The molecule has 96 valence electrons. The lowest BCUT2D eigenvalue weighted by molar-refractivity contribution is -0.385. The van der Waals surface area contributed by atoms with Gasteiger partial charge in [0.05, 0.1) is 4.92 Å². The van der Waals surface area contributed by atoms with Gasteiger partial charge in [-0.05, 0) is 13.0 Å². The predicted octanol–water partition coefficient (Wildman–Crippen LogP) is 0.705. The number of hydrogen-bond donors (Lipinski definition) is 1. The predicted molar refractivity (Wildman–Crippen MR) is 65.3 cm³/mol. The minimum absolute atomic E-state index is 0.0203. The van der Waals surface area contributed by atoms with E-state index < -0.39 is 4.92 Å². The molecular formula is C11H14N4O3. The van der Waals surface area contributed by atoms with E-state index in [1.165, 1.54) is 12.3 Å². The molecular weight excluding hydrogens is 236 g/mol. The molecule has 0 aromatic carbocycles. The number of hydrogen-bond acceptors (Lipinski definition) is 5. The first-order valence-electron chi connectivity index (χ1n) is 5.71. The summed E-state index contributed by atoms with van der Waals surface area (Å²) in [6.07, 6.45) is 1.64. The van der Waals surface area contributed by atoms with Gasteiger partial charge in [0.1, 0.15) is 12.0 Å². The van der Waals surface area contributed by atoms with Gasteiger partial charge < -0.3 is 10.2 Å². The Labute approximate surface area is 104 Å². The van der Waals surface area contributed by atoms with Gasteiger partial charge in [0.25, 0.3) is 5.69 Å². The van der Waals surface area contributed by atoms with Crippen LogP contribution in [0.1, 0.15) is 13.3 Å². The number of rotatable bonds is 2. The molecule has 1 aromatic heterocycles. The number of nitrogens with zero attached hydrogens (tertiary/aromatic N) is 3. The normalized spacial score (nSPS) is 20.2. The molecule has 1 aliphatic rings. The van der Waals surface area contributed by atoms with Crippen molar-refractivity contribution in [1.29, 1.82) is 0 Å². The van der Waals surface area contributed by atoms with E-state index in [2.05, 4.69) is 10.3 Å². The summed E-state index contributed by atoms with van der Waals surface area (Å²) in [5, 5.41) is 13.3. The highest BCUT2D eigenvalue weighted by atomic mass is 16.6. The second-order valence-corrected chi connectivity index (χ2v) is 4.23. The molecule has 1 aromatic rings. The Bertz CT molecular complexity index is 460. The maximum Gasteiger partial charge on any atom is 0.287 e. The number of carbonyl (C=O) groups is 1. The highest BCUT2D eigenvalue weighted by molar-refractivity contribution is 5.77. The smallest absolute Gasteiger partial charge is 0.287 e. The van der Waals surface area contributed by atoms with Crippen molar-refractivity contribution in [3.05, 3.63) is 28.4 Å². The fourth-order valence-corrected chi connectivity index (χ4v) is 1.98. The maximum atomic E-state index is 11.4. The Hall–Kier alpha value is -2.18. The van der Waals surface area contributed by atoms with Crippen LogP contribution in [0.4, 0.5) is 11.5 Å². The minimum Gasteiger partial charge on any atom is -0.354 e. The van der Waals surface area contributed by atoms with Gasteiger partial charge in [-0.1, -0.05) is 0 Å². The number of anilines is 1. The molecule has 0 aliphatic carbocycles. The van der Waals surface area contributed by atoms with Crippen molar-refractivity contribution in [2.24, 2.45) is 0 Å².